The van der Waals surface area contributed by atoms with E-state index in [0.717, 1.165) is 24.4 Å². The maximum absolute atomic E-state index is 12.0. The Morgan fingerprint density at radius 2 is 1.88 bits per heavy atom. The second-order valence-electron chi connectivity index (χ2n) is 5.53. The summed E-state index contributed by atoms with van der Waals surface area (Å²) in [6.07, 6.45) is 0.900. The molecule has 0 heterocycles. The fourth-order valence-corrected chi connectivity index (χ4v) is 2.31. The Kier molecular flexibility index (Phi) is 8.52. The molecule has 5 nitrogen and oxygen atoms in total. The minimum atomic E-state index is -0.0699. The fourth-order valence-electron chi connectivity index (χ4n) is 2.31. The molecule has 25 heavy (non-hydrogen) atoms. The van der Waals surface area contributed by atoms with Crippen LogP contribution in [0.1, 0.15) is 12.5 Å². The van der Waals surface area contributed by atoms with Crippen molar-refractivity contribution in [3.8, 4) is 5.75 Å². The molecule has 0 spiro atoms. The van der Waals surface area contributed by atoms with E-state index in [1.807, 2.05) is 49.4 Å². The number of hydrogen-bond acceptors (Lipinski definition) is 4. The number of carbonyl (C=O) groups is 1. The molecule has 2 aromatic rings. The highest BCUT2D eigenvalue weighted by atomic mass is 16.5. The second kappa shape index (κ2) is 11.2. The molecule has 0 fully saturated rings. The molecule has 0 bridgehead atoms. The average molecular weight is 342 g/mol. The predicted molar refractivity (Wildman–Crippen MR) is 100 cm³/mol. The van der Waals surface area contributed by atoms with Crippen LogP contribution in [0.25, 0.3) is 0 Å². The summed E-state index contributed by atoms with van der Waals surface area (Å²) in [4.78, 5) is 12.0. The van der Waals surface area contributed by atoms with Crippen molar-refractivity contribution in [3.63, 3.8) is 0 Å². The molecule has 0 saturated carbocycles. The van der Waals surface area contributed by atoms with Crippen LogP contribution >= 0.6 is 0 Å². The van der Waals surface area contributed by atoms with Crippen LogP contribution in [0.2, 0.25) is 0 Å². The lowest BCUT2D eigenvalue weighted by atomic mass is 10.1. The smallest absolute Gasteiger partial charge is 0.238 e. The summed E-state index contributed by atoms with van der Waals surface area (Å²) in [7, 11) is 0. The average Bonchev–Trinajstić information content (AvgIpc) is 2.64. The molecule has 0 aliphatic rings. The molecule has 0 aliphatic carbocycles. The van der Waals surface area contributed by atoms with Crippen molar-refractivity contribution in [1.82, 2.24) is 5.32 Å². The monoisotopic (exact) mass is 342 g/mol. The van der Waals surface area contributed by atoms with Gasteiger partial charge in [0, 0.05) is 18.4 Å². The molecule has 5 heteroatoms. The van der Waals surface area contributed by atoms with Crippen molar-refractivity contribution < 1.29 is 14.3 Å². The van der Waals surface area contributed by atoms with E-state index < -0.39 is 0 Å². The van der Waals surface area contributed by atoms with Gasteiger partial charge < -0.3 is 20.1 Å². The summed E-state index contributed by atoms with van der Waals surface area (Å²) in [6.45, 7) is 4.71. The number of amides is 1. The molecular formula is C20H26N2O3. The van der Waals surface area contributed by atoms with Gasteiger partial charge in [0.2, 0.25) is 5.91 Å². The maximum Gasteiger partial charge on any atom is 0.238 e. The summed E-state index contributed by atoms with van der Waals surface area (Å²) in [6, 6.07) is 17.6. The van der Waals surface area contributed by atoms with Crippen molar-refractivity contribution in [2.75, 3.05) is 38.2 Å². The highest BCUT2D eigenvalue weighted by Gasteiger charge is 2.03. The molecule has 1 amide bonds. The molecule has 134 valence electrons. The van der Waals surface area contributed by atoms with Crippen molar-refractivity contribution in [1.29, 1.82) is 0 Å². The van der Waals surface area contributed by atoms with Gasteiger partial charge in [0.05, 0.1) is 13.2 Å². The number of benzene rings is 2. The van der Waals surface area contributed by atoms with Crippen LogP contribution in [0, 0.1) is 0 Å². The van der Waals surface area contributed by atoms with Gasteiger partial charge in [0.15, 0.2) is 0 Å². The predicted octanol–water partition coefficient (Wildman–Crippen LogP) is 2.87. The molecule has 0 radical (unpaired) electrons. The summed E-state index contributed by atoms with van der Waals surface area (Å²) in [5.41, 5.74) is 1.98. The Bertz CT molecular complexity index is 632. The maximum atomic E-state index is 12.0. The molecule has 0 atom stereocenters. The molecule has 0 unspecified atom stereocenters. The van der Waals surface area contributed by atoms with Crippen LogP contribution in [0.3, 0.4) is 0 Å². The van der Waals surface area contributed by atoms with Gasteiger partial charge in [0.1, 0.15) is 12.4 Å². The van der Waals surface area contributed by atoms with Gasteiger partial charge in [0.25, 0.3) is 0 Å². The van der Waals surface area contributed by atoms with E-state index in [4.69, 9.17) is 9.47 Å². The van der Waals surface area contributed by atoms with Crippen molar-refractivity contribution >= 4 is 11.6 Å². The van der Waals surface area contributed by atoms with Gasteiger partial charge in [-0.3, -0.25) is 4.79 Å². The molecular weight excluding hydrogens is 316 g/mol. The third kappa shape index (κ3) is 7.83. The van der Waals surface area contributed by atoms with E-state index >= 15 is 0 Å². The third-order valence-electron chi connectivity index (χ3n) is 3.54. The van der Waals surface area contributed by atoms with Gasteiger partial charge in [-0.1, -0.05) is 36.4 Å². The van der Waals surface area contributed by atoms with Gasteiger partial charge in [-0.05, 0) is 37.6 Å². The minimum absolute atomic E-state index is 0.0699. The van der Waals surface area contributed by atoms with Gasteiger partial charge >= 0.3 is 0 Å². The minimum Gasteiger partial charge on any atom is -0.491 e. The lowest BCUT2D eigenvalue weighted by molar-refractivity contribution is -0.115. The molecule has 0 aromatic heterocycles. The first-order chi connectivity index (χ1) is 12.3. The Morgan fingerprint density at radius 3 is 2.68 bits per heavy atom. The van der Waals surface area contributed by atoms with Crippen LogP contribution in [-0.4, -0.2) is 38.8 Å². The van der Waals surface area contributed by atoms with Crippen LogP contribution in [0.15, 0.2) is 54.6 Å². The van der Waals surface area contributed by atoms with Gasteiger partial charge in [-0.15, -0.1) is 0 Å². The van der Waals surface area contributed by atoms with Crippen LogP contribution in [0.4, 0.5) is 5.69 Å². The Morgan fingerprint density at radius 1 is 1.04 bits per heavy atom. The number of ether oxygens (including phenoxy) is 2. The zero-order valence-electron chi connectivity index (χ0n) is 14.7. The quantitative estimate of drug-likeness (QED) is 0.617. The Hall–Kier alpha value is -2.37. The number of nitrogens with one attached hydrogen (secondary N) is 2. The lowest BCUT2D eigenvalue weighted by Gasteiger charge is -2.10. The topological polar surface area (TPSA) is 59.6 Å². The first-order valence-electron chi connectivity index (χ1n) is 8.63. The molecule has 0 saturated heterocycles. The first-order valence-corrected chi connectivity index (χ1v) is 8.63. The largest absolute Gasteiger partial charge is 0.491 e. The van der Waals surface area contributed by atoms with Crippen LogP contribution < -0.4 is 15.4 Å². The van der Waals surface area contributed by atoms with E-state index in [2.05, 4.69) is 22.8 Å². The van der Waals surface area contributed by atoms with Crippen LogP contribution in [0.5, 0.6) is 5.75 Å². The van der Waals surface area contributed by atoms with Gasteiger partial charge in [-0.25, -0.2) is 0 Å². The molecule has 0 aliphatic heterocycles. The van der Waals surface area contributed by atoms with Crippen molar-refractivity contribution in [2.45, 2.75) is 13.3 Å². The van der Waals surface area contributed by atoms with Gasteiger partial charge in [-0.2, -0.15) is 0 Å². The third-order valence-corrected chi connectivity index (χ3v) is 3.54. The number of carbonyl (C=O) groups excluding carboxylic acids is 1. The summed E-state index contributed by atoms with van der Waals surface area (Å²) >= 11 is 0. The fraction of sp³-hybridized carbons (Fsp3) is 0.350. The standard InChI is InChI=1S/C20H26N2O3/c1-2-24-13-14-25-19-10-6-9-18(15-19)22-20(23)16-21-12-11-17-7-4-3-5-8-17/h3-10,15,21H,2,11-14,16H2,1H3,(H,22,23). The van der Waals surface area contributed by atoms with Crippen molar-refractivity contribution in [2.24, 2.45) is 0 Å². The van der Waals surface area contributed by atoms with E-state index in [-0.39, 0.29) is 12.5 Å². The summed E-state index contributed by atoms with van der Waals surface area (Å²) in [5.74, 6) is 0.647. The Labute approximate surface area is 149 Å². The van der Waals surface area contributed by atoms with E-state index in [9.17, 15) is 4.79 Å². The zero-order chi connectivity index (χ0) is 17.7. The lowest BCUT2D eigenvalue weighted by Crippen LogP contribution is -2.29. The van der Waals surface area contributed by atoms with Crippen molar-refractivity contribution in [3.05, 3.63) is 60.2 Å². The Balaban J connectivity index is 1.67. The number of anilines is 1. The normalized spacial score (nSPS) is 10.4. The second-order valence-corrected chi connectivity index (χ2v) is 5.53. The summed E-state index contributed by atoms with van der Waals surface area (Å²) in [5, 5.41) is 6.03. The van der Waals surface area contributed by atoms with E-state index in [1.54, 1.807) is 0 Å². The molecule has 2 aromatic carbocycles. The number of rotatable bonds is 11. The highest BCUT2D eigenvalue weighted by Crippen LogP contribution is 2.17. The van der Waals surface area contributed by atoms with E-state index in [1.165, 1.54) is 5.56 Å². The van der Waals surface area contributed by atoms with E-state index in [0.29, 0.717) is 19.8 Å². The molecule has 2 N–H and O–H groups in total. The number of hydrogen-bond donors (Lipinski definition) is 2. The zero-order valence-corrected chi connectivity index (χ0v) is 14.7. The molecule has 2 rings (SSSR count). The van der Waals surface area contributed by atoms with Crippen LogP contribution in [-0.2, 0) is 16.0 Å². The highest BCUT2D eigenvalue weighted by molar-refractivity contribution is 5.92. The first kappa shape index (κ1) is 19.0. The summed E-state index contributed by atoms with van der Waals surface area (Å²) < 4.78 is 10.8. The SMILES string of the molecule is CCOCCOc1cccc(NC(=O)CNCCc2ccccc2)c1.